The molecule has 2 heterocycles. The van der Waals surface area contributed by atoms with Crippen LogP contribution in [0.5, 0.6) is 0 Å². The van der Waals surface area contributed by atoms with Crippen LogP contribution in [0.25, 0.3) is 11.1 Å². The molecule has 3 aromatic rings. The Balaban J connectivity index is 1.23. The number of nitrogens with zero attached hydrogens (tertiary/aromatic N) is 2. The minimum Gasteiger partial charge on any atom is -0.448 e. The number of ether oxygens (including phenoxy) is 2. The Labute approximate surface area is 209 Å². The van der Waals surface area contributed by atoms with Crippen molar-refractivity contribution in [3.8, 4) is 11.1 Å². The standard InChI is InChI=1S/C29H26N2O5/c1-17-25-28(33)36-27(19-10-4-3-5-11-19)31(25)26(32)18(2)30(17)29(34)35-16-24-22-14-8-6-12-20(22)21-13-7-9-15-23(21)24/h3-15,17-18,24-25,27H,16H2,1-2H3/t17?,18-,25-,27?/m0/s1. The molecule has 7 nitrogen and oxygen atoms in total. The Hall–Kier alpha value is -4.13. The molecule has 0 saturated carbocycles. The first-order chi connectivity index (χ1) is 17.5. The van der Waals surface area contributed by atoms with Gasteiger partial charge in [-0.05, 0) is 36.1 Å². The van der Waals surface area contributed by atoms with Gasteiger partial charge in [0, 0.05) is 11.5 Å². The molecule has 7 heteroatoms. The lowest BCUT2D eigenvalue weighted by atomic mass is 9.98. The number of cyclic esters (lactones) is 1. The van der Waals surface area contributed by atoms with Gasteiger partial charge in [0.05, 0.1) is 6.04 Å². The summed E-state index contributed by atoms with van der Waals surface area (Å²) in [7, 11) is 0. The molecule has 0 radical (unpaired) electrons. The Morgan fingerprint density at radius 2 is 1.44 bits per heavy atom. The van der Waals surface area contributed by atoms with Gasteiger partial charge in [0.25, 0.3) is 0 Å². The average Bonchev–Trinajstić information content (AvgIpc) is 3.42. The molecule has 0 bridgehead atoms. The van der Waals surface area contributed by atoms with E-state index in [0.717, 1.165) is 27.8 Å². The van der Waals surface area contributed by atoms with E-state index >= 15 is 0 Å². The molecule has 36 heavy (non-hydrogen) atoms. The summed E-state index contributed by atoms with van der Waals surface area (Å²) in [6.07, 6.45) is -1.41. The van der Waals surface area contributed by atoms with Crippen molar-refractivity contribution in [3.05, 3.63) is 95.6 Å². The van der Waals surface area contributed by atoms with E-state index in [9.17, 15) is 14.4 Å². The zero-order chi connectivity index (χ0) is 25.0. The van der Waals surface area contributed by atoms with Crippen LogP contribution in [-0.4, -0.2) is 52.5 Å². The van der Waals surface area contributed by atoms with Crippen molar-refractivity contribution in [3.63, 3.8) is 0 Å². The molecular weight excluding hydrogens is 456 g/mol. The van der Waals surface area contributed by atoms with Crippen molar-refractivity contribution in [1.29, 1.82) is 0 Å². The summed E-state index contributed by atoms with van der Waals surface area (Å²) in [6.45, 7) is 3.57. The van der Waals surface area contributed by atoms with Gasteiger partial charge in [-0.1, -0.05) is 78.9 Å². The number of amides is 2. The summed E-state index contributed by atoms with van der Waals surface area (Å²) < 4.78 is 11.4. The Bertz CT molecular complexity index is 1310. The maximum Gasteiger partial charge on any atom is 0.410 e. The minimum absolute atomic E-state index is 0.0946. The van der Waals surface area contributed by atoms with Crippen molar-refractivity contribution < 1.29 is 23.9 Å². The van der Waals surface area contributed by atoms with Gasteiger partial charge < -0.3 is 9.47 Å². The maximum atomic E-state index is 13.4. The molecule has 0 N–H and O–H groups in total. The number of esters is 1. The second-order valence-corrected chi connectivity index (χ2v) is 9.52. The number of carbonyl (C=O) groups excluding carboxylic acids is 3. The summed E-state index contributed by atoms with van der Waals surface area (Å²) in [5.41, 5.74) is 5.22. The lowest BCUT2D eigenvalue weighted by Crippen LogP contribution is -2.66. The fraction of sp³-hybridized carbons (Fsp3) is 0.276. The van der Waals surface area contributed by atoms with Crippen LogP contribution < -0.4 is 0 Å². The van der Waals surface area contributed by atoms with E-state index in [1.54, 1.807) is 13.8 Å². The molecule has 0 spiro atoms. The quantitative estimate of drug-likeness (QED) is 0.515. The number of rotatable bonds is 3. The molecule has 3 aromatic carbocycles. The predicted molar refractivity (Wildman–Crippen MR) is 132 cm³/mol. The molecule has 2 unspecified atom stereocenters. The van der Waals surface area contributed by atoms with Crippen molar-refractivity contribution >= 4 is 18.0 Å². The van der Waals surface area contributed by atoms with Gasteiger partial charge in [-0.25, -0.2) is 9.59 Å². The van der Waals surface area contributed by atoms with E-state index in [0.29, 0.717) is 0 Å². The fourth-order valence-electron chi connectivity index (χ4n) is 5.86. The zero-order valence-electron chi connectivity index (χ0n) is 20.0. The van der Waals surface area contributed by atoms with E-state index in [4.69, 9.17) is 9.47 Å². The van der Waals surface area contributed by atoms with Crippen LogP contribution in [0.2, 0.25) is 0 Å². The van der Waals surface area contributed by atoms with Gasteiger partial charge in [-0.2, -0.15) is 0 Å². The molecule has 3 aliphatic rings. The molecule has 2 saturated heterocycles. The smallest absolute Gasteiger partial charge is 0.410 e. The highest BCUT2D eigenvalue weighted by molar-refractivity contribution is 5.94. The van der Waals surface area contributed by atoms with Crippen LogP contribution in [0.3, 0.4) is 0 Å². The molecule has 0 aromatic heterocycles. The van der Waals surface area contributed by atoms with Crippen LogP contribution in [0.1, 0.15) is 42.7 Å². The maximum absolute atomic E-state index is 13.4. The highest BCUT2D eigenvalue weighted by atomic mass is 16.6. The lowest BCUT2D eigenvalue weighted by Gasteiger charge is -2.44. The lowest BCUT2D eigenvalue weighted by molar-refractivity contribution is -0.151. The van der Waals surface area contributed by atoms with Crippen LogP contribution in [-0.2, 0) is 19.1 Å². The van der Waals surface area contributed by atoms with Gasteiger partial charge in [0.15, 0.2) is 6.04 Å². The van der Waals surface area contributed by atoms with Gasteiger partial charge in [-0.15, -0.1) is 0 Å². The Kier molecular flexibility index (Phi) is 5.29. The number of fused-ring (bicyclic) bond motifs is 4. The number of benzene rings is 3. The van der Waals surface area contributed by atoms with Gasteiger partial charge >= 0.3 is 12.1 Å². The largest absolute Gasteiger partial charge is 0.448 e. The summed E-state index contributed by atoms with van der Waals surface area (Å²) >= 11 is 0. The molecule has 4 atom stereocenters. The number of piperazine rings is 1. The average molecular weight is 483 g/mol. The summed E-state index contributed by atoms with van der Waals surface area (Å²) in [5, 5.41) is 0. The second kappa shape index (κ2) is 8.52. The molecule has 2 amide bonds. The highest BCUT2D eigenvalue weighted by Gasteiger charge is 2.57. The molecule has 182 valence electrons. The summed E-state index contributed by atoms with van der Waals surface area (Å²) in [4.78, 5) is 42.5. The minimum atomic E-state index is -0.889. The zero-order valence-corrected chi connectivity index (χ0v) is 20.0. The Morgan fingerprint density at radius 1 is 0.861 bits per heavy atom. The number of hydrogen-bond acceptors (Lipinski definition) is 5. The normalized spacial score (nSPS) is 24.7. The summed E-state index contributed by atoms with van der Waals surface area (Å²) in [6, 6.07) is 23.1. The molecular formula is C29H26N2O5. The molecule has 1 aliphatic carbocycles. The van der Waals surface area contributed by atoms with Crippen molar-refractivity contribution in [1.82, 2.24) is 9.80 Å². The van der Waals surface area contributed by atoms with Gasteiger partial charge in [0.2, 0.25) is 12.1 Å². The van der Waals surface area contributed by atoms with Crippen molar-refractivity contribution in [2.75, 3.05) is 6.61 Å². The number of hydrogen-bond donors (Lipinski definition) is 0. The highest BCUT2D eigenvalue weighted by Crippen LogP contribution is 2.45. The van der Waals surface area contributed by atoms with Crippen LogP contribution in [0.15, 0.2) is 78.9 Å². The van der Waals surface area contributed by atoms with E-state index in [2.05, 4.69) is 24.3 Å². The number of carbonyl (C=O) groups is 3. The third-order valence-electron chi connectivity index (χ3n) is 7.58. The van der Waals surface area contributed by atoms with Crippen molar-refractivity contribution in [2.45, 2.75) is 44.1 Å². The molecule has 6 rings (SSSR count). The SMILES string of the molecule is CC1[C@H]2C(=O)OC(c3ccccc3)N2C(=O)[C@H](C)N1C(=O)OCC1c2ccccc2-c2ccccc21. The molecule has 2 aliphatic heterocycles. The van der Waals surface area contributed by atoms with E-state index in [-0.39, 0.29) is 18.4 Å². The van der Waals surface area contributed by atoms with E-state index < -0.39 is 36.4 Å². The molecule has 2 fully saturated rings. The third kappa shape index (κ3) is 3.30. The fourth-order valence-corrected chi connectivity index (χ4v) is 5.86. The summed E-state index contributed by atoms with van der Waals surface area (Å²) in [5.74, 6) is -0.956. The third-order valence-corrected chi connectivity index (χ3v) is 7.58. The van der Waals surface area contributed by atoms with Gasteiger partial charge in [0.1, 0.15) is 12.6 Å². The predicted octanol–water partition coefficient (Wildman–Crippen LogP) is 4.48. The topological polar surface area (TPSA) is 76.2 Å². The van der Waals surface area contributed by atoms with Crippen LogP contribution in [0.4, 0.5) is 4.79 Å². The second-order valence-electron chi connectivity index (χ2n) is 9.52. The first-order valence-electron chi connectivity index (χ1n) is 12.2. The first-order valence-corrected chi connectivity index (χ1v) is 12.2. The van der Waals surface area contributed by atoms with E-state index in [1.807, 2.05) is 54.6 Å². The van der Waals surface area contributed by atoms with Crippen LogP contribution >= 0.6 is 0 Å². The van der Waals surface area contributed by atoms with Crippen LogP contribution in [0, 0.1) is 0 Å². The first kappa shape index (κ1) is 22.3. The van der Waals surface area contributed by atoms with Crippen molar-refractivity contribution in [2.24, 2.45) is 0 Å². The Morgan fingerprint density at radius 3 is 2.08 bits per heavy atom. The monoisotopic (exact) mass is 482 g/mol. The van der Waals surface area contributed by atoms with E-state index in [1.165, 1.54) is 9.80 Å². The van der Waals surface area contributed by atoms with Gasteiger partial charge in [-0.3, -0.25) is 14.6 Å².